The molecule has 0 aliphatic rings. The first kappa shape index (κ1) is 17.5. The molecule has 24 heavy (non-hydrogen) atoms. The van der Waals surface area contributed by atoms with E-state index in [2.05, 4.69) is 10.6 Å². The van der Waals surface area contributed by atoms with Crippen LogP contribution in [0.1, 0.15) is 18.5 Å². The van der Waals surface area contributed by atoms with E-state index in [1.54, 1.807) is 25.1 Å². The Bertz CT molecular complexity index is 738. The normalized spacial score (nSPS) is 11.5. The van der Waals surface area contributed by atoms with E-state index in [1.807, 2.05) is 0 Å². The molecular weight excluding hydrogens is 318 g/mol. The Morgan fingerprint density at radius 3 is 2.46 bits per heavy atom. The summed E-state index contributed by atoms with van der Waals surface area (Å²) >= 11 is 0. The van der Waals surface area contributed by atoms with Crippen LogP contribution in [0, 0.1) is 11.6 Å². The monoisotopic (exact) mass is 336 g/mol. The highest BCUT2D eigenvalue weighted by Crippen LogP contribution is 2.29. The van der Waals surface area contributed by atoms with E-state index in [9.17, 15) is 13.6 Å². The molecule has 7 heteroatoms. The van der Waals surface area contributed by atoms with Gasteiger partial charge >= 0.3 is 6.03 Å². The standard InChI is InChI=1S/C17H18F2N2O3/c1-10(13-9-12(23-2)5-7-16(13)24-3)20-17(22)21-15-6-4-11(18)8-14(15)19/h4-10H,1-3H3,(H2,20,21,22)/t10-/m0/s1. The minimum atomic E-state index is -0.850. The molecule has 0 saturated carbocycles. The Morgan fingerprint density at radius 1 is 1.08 bits per heavy atom. The van der Waals surface area contributed by atoms with Gasteiger partial charge in [-0.1, -0.05) is 0 Å². The van der Waals surface area contributed by atoms with Gasteiger partial charge in [0.15, 0.2) is 0 Å². The first-order chi connectivity index (χ1) is 11.4. The number of carbonyl (C=O) groups excluding carboxylic acids is 1. The van der Waals surface area contributed by atoms with Gasteiger partial charge in [-0.25, -0.2) is 13.6 Å². The highest BCUT2D eigenvalue weighted by molar-refractivity contribution is 5.89. The average molecular weight is 336 g/mol. The van der Waals surface area contributed by atoms with Crippen LogP contribution >= 0.6 is 0 Å². The molecule has 0 saturated heterocycles. The molecule has 2 aromatic rings. The summed E-state index contributed by atoms with van der Waals surface area (Å²) < 4.78 is 36.9. The van der Waals surface area contributed by atoms with E-state index < -0.39 is 23.7 Å². The van der Waals surface area contributed by atoms with Crippen molar-refractivity contribution in [3.63, 3.8) is 0 Å². The summed E-state index contributed by atoms with van der Waals surface area (Å²) in [6, 6.07) is 7.06. The van der Waals surface area contributed by atoms with Crippen LogP contribution in [0.25, 0.3) is 0 Å². The number of rotatable bonds is 5. The van der Waals surface area contributed by atoms with Gasteiger partial charge in [-0.05, 0) is 37.3 Å². The van der Waals surface area contributed by atoms with E-state index in [0.717, 1.165) is 12.1 Å². The largest absolute Gasteiger partial charge is 0.497 e. The number of nitrogens with one attached hydrogen (secondary N) is 2. The molecule has 0 spiro atoms. The fourth-order valence-corrected chi connectivity index (χ4v) is 2.20. The van der Waals surface area contributed by atoms with Crippen LogP contribution in [0.5, 0.6) is 11.5 Å². The molecule has 0 aliphatic carbocycles. The van der Waals surface area contributed by atoms with E-state index in [0.29, 0.717) is 23.1 Å². The van der Waals surface area contributed by atoms with Crippen molar-refractivity contribution in [1.82, 2.24) is 5.32 Å². The number of anilines is 1. The lowest BCUT2D eigenvalue weighted by Crippen LogP contribution is -2.31. The number of hydrogen-bond donors (Lipinski definition) is 2. The van der Waals surface area contributed by atoms with Gasteiger partial charge < -0.3 is 20.1 Å². The Kier molecular flexibility index (Phi) is 5.57. The lowest BCUT2D eigenvalue weighted by atomic mass is 10.1. The van der Waals surface area contributed by atoms with Crippen LogP contribution in [0.4, 0.5) is 19.3 Å². The second-order valence-corrected chi connectivity index (χ2v) is 5.05. The molecular formula is C17H18F2N2O3. The molecule has 1 atom stereocenters. The molecule has 2 rings (SSSR count). The summed E-state index contributed by atoms with van der Waals surface area (Å²) in [6.45, 7) is 1.75. The van der Waals surface area contributed by atoms with Gasteiger partial charge in [0.1, 0.15) is 23.1 Å². The van der Waals surface area contributed by atoms with Gasteiger partial charge in [0.2, 0.25) is 0 Å². The first-order valence-corrected chi connectivity index (χ1v) is 7.19. The average Bonchev–Trinajstić information content (AvgIpc) is 2.56. The van der Waals surface area contributed by atoms with Gasteiger partial charge in [-0.3, -0.25) is 0 Å². The zero-order valence-corrected chi connectivity index (χ0v) is 13.5. The van der Waals surface area contributed by atoms with Crippen molar-refractivity contribution < 1.29 is 23.0 Å². The van der Waals surface area contributed by atoms with Crippen molar-refractivity contribution in [3.8, 4) is 11.5 Å². The van der Waals surface area contributed by atoms with E-state index >= 15 is 0 Å². The number of carbonyl (C=O) groups is 1. The Hall–Kier alpha value is -2.83. The summed E-state index contributed by atoms with van der Waals surface area (Å²) in [5.74, 6) is -0.370. The van der Waals surface area contributed by atoms with Crippen LogP contribution in [-0.2, 0) is 0 Å². The number of benzene rings is 2. The first-order valence-electron chi connectivity index (χ1n) is 7.19. The van der Waals surface area contributed by atoms with Crippen molar-refractivity contribution in [1.29, 1.82) is 0 Å². The number of methoxy groups -OCH3 is 2. The minimum absolute atomic E-state index is 0.112. The summed E-state index contributed by atoms with van der Waals surface area (Å²) in [5.41, 5.74) is 0.588. The van der Waals surface area contributed by atoms with Crippen molar-refractivity contribution in [2.24, 2.45) is 0 Å². The molecule has 0 bridgehead atoms. The number of urea groups is 1. The molecule has 0 aliphatic heterocycles. The van der Waals surface area contributed by atoms with Crippen LogP contribution in [-0.4, -0.2) is 20.3 Å². The minimum Gasteiger partial charge on any atom is -0.497 e. The van der Waals surface area contributed by atoms with Crippen molar-refractivity contribution in [2.75, 3.05) is 19.5 Å². The topological polar surface area (TPSA) is 59.6 Å². The second kappa shape index (κ2) is 7.63. The maximum atomic E-state index is 13.6. The molecule has 2 N–H and O–H groups in total. The highest BCUT2D eigenvalue weighted by Gasteiger charge is 2.16. The third-order valence-corrected chi connectivity index (χ3v) is 3.43. The lowest BCUT2D eigenvalue weighted by molar-refractivity contribution is 0.249. The molecule has 0 heterocycles. The highest BCUT2D eigenvalue weighted by atomic mass is 19.1. The van der Waals surface area contributed by atoms with E-state index in [1.165, 1.54) is 14.2 Å². The van der Waals surface area contributed by atoms with Gasteiger partial charge in [0.25, 0.3) is 0 Å². The Balaban J connectivity index is 2.11. The maximum absolute atomic E-state index is 13.6. The number of halogens is 2. The summed E-state index contributed by atoms with van der Waals surface area (Å²) in [5, 5.41) is 5.01. The second-order valence-electron chi connectivity index (χ2n) is 5.05. The molecule has 0 unspecified atom stereocenters. The molecule has 0 fully saturated rings. The predicted molar refractivity (Wildman–Crippen MR) is 86.5 cm³/mol. The number of ether oxygens (including phenoxy) is 2. The van der Waals surface area contributed by atoms with Crippen LogP contribution < -0.4 is 20.1 Å². The quantitative estimate of drug-likeness (QED) is 0.871. The zero-order valence-electron chi connectivity index (χ0n) is 13.5. The molecule has 0 radical (unpaired) electrons. The Morgan fingerprint density at radius 2 is 1.83 bits per heavy atom. The van der Waals surface area contributed by atoms with Crippen molar-refractivity contribution >= 4 is 11.7 Å². The van der Waals surface area contributed by atoms with Gasteiger partial charge in [-0.15, -0.1) is 0 Å². The van der Waals surface area contributed by atoms with Gasteiger partial charge in [-0.2, -0.15) is 0 Å². The molecule has 5 nitrogen and oxygen atoms in total. The fourth-order valence-electron chi connectivity index (χ4n) is 2.20. The summed E-state index contributed by atoms with van der Waals surface area (Å²) in [4.78, 5) is 12.0. The van der Waals surface area contributed by atoms with E-state index in [4.69, 9.17) is 9.47 Å². The SMILES string of the molecule is COc1ccc(OC)c([C@H](C)NC(=O)Nc2ccc(F)cc2F)c1. The number of hydrogen-bond acceptors (Lipinski definition) is 3. The zero-order chi connectivity index (χ0) is 17.7. The predicted octanol–water partition coefficient (Wildman–Crippen LogP) is 3.86. The summed E-state index contributed by atoms with van der Waals surface area (Å²) in [7, 11) is 3.06. The Labute approximate surface area is 138 Å². The molecule has 128 valence electrons. The molecule has 0 aromatic heterocycles. The van der Waals surface area contributed by atoms with Gasteiger partial charge in [0, 0.05) is 11.6 Å². The van der Waals surface area contributed by atoms with Gasteiger partial charge in [0.05, 0.1) is 25.9 Å². The smallest absolute Gasteiger partial charge is 0.319 e. The van der Waals surface area contributed by atoms with Crippen molar-refractivity contribution in [2.45, 2.75) is 13.0 Å². The van der Waals surface area contributed by atoms with E-state index in [-0.39, 0.29) is 5.69 Å². The molecule has 2 amide bonds. The fraction of sp³-hybridized carbons (Fsp3) is 0.235. The van der Waals surface area contributed by atoms with Crippen LogP contribution in [0.3, 0.4) is 0 Å². The summed E-state index contributed by atoms with van der Waals surface area (Å²) in [6.07, 6.45) is 0. The van der Waals surface area contributed by atoms with Crippen LogP contribution in [0.2, 0.25) is 0 Å². The lowest BCUT2D eigenvalue weighted by Gasteiger charge is -2.18. The number of amides is 2. The molecule has 2 aromatic carbocycles. The maximum Gasteiger partial charge on any atom is 0.319 e. The van der Waals surface area contributed by atoms with Crippen LogP contribution in [0.15, 0.2) is 36.4 Å². The third kappa shape index (κ3) is 4.13. The van der Waals surface area contributed by atoms with Crippen molar-refractivity contribution in [3.05, 3.63) is 53.6 Å². The third-order valence-electron chi connectivity index (χ3n) is 3.43.